The van der Waals surface area contributed by atoms with E-state index in [1.807, 2.05) is 55.5 Å². The molecule has 1 amide bonds. The molecule has 1 atom stereocenters. The second-order valence-electron chi connectivity index (χ2n) is 5.80. The van der Waals surface area contributed by atoms with Gasteiger partial charge in [0.2, 0.25) is 5.91 Å². The van der Waals surface area contributed by atoms with E-state index in [0.717, 1.165) is 11.1 Å². The van der Waals surface area contributed by atoms with E-state index in [1.165, 1.54) is 0 Å². The van der Waals surface area contributed by atoms with Crippen molar-refractivity contribution < 1.29 is 19.4 Å². The molecule has 2 rings (SSSR count). The van der Waals surface area contributed by atoms with Crippen molar-refractivity contribution in [2.75, 3.05) is 7.11 Å². The summed E-state index contributed by atoms with van der Waals surface area (Å²) in [5.74, 6) is 1.11. The van der Waals surface area contributed by atoms with Gasteiger partial charge in [0, 0.05) is 6.54 Å². The Morgan fingerprint density at radius 3 is 2.56 bits per heavy atom. The molecule has 0 aliphatic heterocycles. The van der Waals surface area contributed by atoms with Gasteiger partial charge in [0.1, 0.15) is 6.61 Å². The number of aliphatic hydroxyl groups excluding tert-OH is 1. The van der Waals surface area contributed by atoms with E-state index in [4.69, 9.17) is 9.47 Å². The molecule has 0 aliphatic rings. The van der Waals surface area contributed by atoms with Crippen molar-refractivity contribution in [2.45, 2.75) is 39.0 Å². The highest BCUT2D eigenvalue weighted by molar-refractivity contribution is 5.76. The van der Waals surface area contributed by atoms with Gasteiger partial charge >= 0.3 is 0 Å². The highest BCUT2D eigenvalue weighted by Crippen LogP contribution is 2.28. The Balaban J connectivity index is 1.93. The number of amides is 1. The zero-order valence-electron chi connectivity index (χ0n) is 14.7. The third-order valence-corrected chi connectivity index (χ3v) is 3.85. The van der Waals surface area contributed by atoms with Crippen molar-refractivity contribution in [1.82, 2.24) is 5.32 Å². The van der Waals surface area contributed by atoms with Crippen molar-refractivity contribution >= 4 is 5.91 Å². The van der Waals surface area contributed by atoms with Gasteiger partial charge in [-0.15, -0.1) is 0 Å². The second-order valence-corrected chi connectivity index (χ2v) is 5.80. The molecule has 5 heteroatoms. The first kappa shape index (κ1) is 18.8. The fourth-order valence-electron chi connectivity index (χ4n) is 2.31. The van der Waals surface area contributed by atoms with Crippen LogP contribution in [0.25, 0.3) is 0 Å². The highest BCUT2D eigenvalue weighted by atomic mass is 16.5. The number of aliphatic hydroxyl groups is 1. The van der Waals surface area contributed by atoms with E-state index in [1.54, 1.807) is 7.11 Å². The van der Waals surface area contributed by atoms with Crippen LogP contribution in [0.4, 0.5) is 0 Å². The minimum atomic E-state index is -0.594. The number of hydrogen-bond donors (Lipinski definition) is 2. The first-order valence-electron chi connectivity index (χ1n) is 8.40. The van der Waals surface area contributed by atoms with Gasteiger partial charge in [-0.05, 0) is 29.7 Å². The molecular formula is C20H25NO4. The van der Waals surface area contributed by atoms with Crippen LogP contribution < -0.4 is 14.8 Å². The minimum Gasteiger partial charge on any atom is -0.493 e. The summed E-state index contributed by atoms with van der Waals surface area (Å²) >= 11 is 0. The lowest BCUT2D eigenvalue weighted by Crippen LogP contribution is -2.26. The molecule has 0 radical (unpaired) electrons. The lowest BCUT2D eigenvalue weighted by Gasteiger charge is -2.13. The maximum absolute atomic E-state index is 11.7. The van der Waals surface area contributed by atoms with Gasteiger partial charge in [-0.3, -0.25) is 4.79 Å². The second kappa shape index (κ2) is 9.69. The molecule has 2 aromatic carbocycles. The molecular weight excluding hydrogens is 318 g/mol. The summed E-state index contributed by atoms with van der Waals surface area (Å²) < 4.78 is 11.2. The van der Waals surface area contributed by atoms with Crippen LogP contribution >= 0.6 is 0 Å². The summed E-state index contributed by atoms with van der Waals surface area (Å²) in [4.78, 5) is 11.7. The fourth-order valence-corrected chi connectivity index (χ4v) is 2.31. The van der Waals surface area contributed by atoms with Crippen LogP contribution in [0.3, 0.4) is 0 Å². The van der Waals surface area contributed by atoms with Crippen molar-refractivity contribution in [3.05, 3.63) is 59.7 Å². The van der Waals surface area contributed by atoms with Gasteiger partial charge < -0.3 is 19.9 Å². The first-order valence-corrected chi connectivity index (χ1v) is 8.40. The molecule has 0 saturated heterocycles. The third-order valence-electron chi connectivity index (χ3n) is 3.85. The van der Waals surface area contributed by atoms with Crippen LogP contribution in [0.5, 0.6) is 11.5 Å². The molecule has 0 spiro atoms. The van der Waals surface area contributed by atoms with Gasteiger partial charge in [-0.25, -0.2) is 0 Å². The van der Waals surface area contributed by atoms with Crippen LogP contribution in [-0.2, 0) is 17.9 Å². The quantitative estimate of drug-likeness (QED) is 0.734. The van der Waals surface area contributed by atoms with Crippen LogP contribution in [0, 0.1) is 0 Å². The Kier molecular flexibility index (Phi) is 7.29. The summed E-state index contributed by atoms with van der Waals surface area (Å²) in [6.45, 7) is 2.68. The molecule has 0 bridgehead atoms. The number of hydrogen-bond acceptors (Lipinski definition) is 4. The lowest BCUT2D eigenvalue weighted by molar-refractivity contribution is -0.123. The first-order chi connectivity index (χ1) is 12.1. The largest absolute Gasteiger partial charge is 0.493 e. The molecule has 5 nitrogen and oxygen atoms in total. The van der Waals surface area contributed by atoms with Crippen molar-refractivity contribution in [3.8, 4) is 11.5 Å². The zero-order valence-corrected chi connectivity index (χ0v) is 14.7. The molecule has 0 aliphatic carbocycles. The van der Waals surface area contributed by atoms with E-state index in [2.05, 4.69) is 5.32 Å². The van der Waals surface area contributed by atoms with Crippen LogP contribution in [0.2, 0.25) is 0 Å². The van der Waals surface area contributed by atoms with Crippen LogP contribution in [-0.4, -0.2) is 24.2 Å². The summed E-state index contributed by atoms with van der Waals surface area (Å²) in [7, 11) is 1.59. The average Bonchev–Trinajstić information content (AvgIpc) is 2.65. The van der Waals surface area contributed by atoms with E-state index < -0.39 is 6.10 Å². The topological polar surface area (TPSA) is 67.8 Å². The Morgan fingerprint density at radius 2 is 1.88 bits per heavy atom. The molecule has 2 aromatic rings. The van der Waals surface area contributed by atoms with E-state index in [9.17, 15) is 9.90 Å². The molecule has 0 fully saturated rings. The van der Waals surface area contributed by atoms with Gasteiger partial charge in [0.05, 0.1) is 19.6 Å². The minimum absolute atomic E-state index is 0.117. The highest BCUT2D eigenvalue weighted by Gasteiger charge is 2.10. The molecule has 0 unspecified atom stereocenters. The molecule has 2 N–H and O–H groups in total. The van der Waals surface area contributed by atoms with Gasteiger partial charge in [-0.1, -0.05) is 43.3 Å². The fraction of sp³-hybridized carbons (Fsp3) is 0.350. The number of methoxy groups -OCH3 is 1. The summed E-state index contributed by atoms with van der Waals surface area (Å²) in [5.41, 5.74) is 1.98. The SMILES string of the molecule is CC[C@@H](O)CC(=O)NCc1ccc(OCc2ccccc2)c(OC)c1. The lowest BCUT2D eigenvalue weighted by atomic mass is 10.1. The van der Waals surface area contributed by atoms with Crippen LogP contribution in [0.1, 0.15) is 30.9 Å². The number of benzene rings is 2. The Bertz CT molecular complexity index is 673. The number of nitrogens with one attached hydrogen (secondary N) is 1. The number of rotatable bonds is 9. The Hall–Kier alpha value is -2.53. The van der Waals surface area contributed by atoms with Gasteiger partial charge in [0.25, 0.3) is 0 Å². The predicted molar refractivity (Wildman–Crippen MR) is 96.5 cm³/mol. The number of ether oxygens (including phenoxy) is 2. The maximum atomic E-state index is 11.7. The van der Waals surface area contributed by atoms with E-state index in [-0.39, 0.29) is 12.3 Å². The Morgan fingerprint density at radius 1 is 1.12 bits per heavy atom. The number of carbonyl (C=O) groups is 1. The zero-order chi connectivity index (χ0) is 18.1. The van der Waals surface area contributed by atoms with Crippen LogP contribution in [0.15, 0.2) is 48.5 Å². The van der Waals surface area contributed by atoms with Crippen molar-refractivity contribution in [2.24, 2.45) is 0 Å². The Labute approximate surface area is 148 Å². The maximum Gasteiger partial charge on any atom is 0.222 e. The molecule has 0 aromatic heterocycles. The molecule has 0 saturated carbocycles. The average molecular weight is 343 g/mol. The van der Waals surface area contributed by atoms with E-state index in [0.29, 0.717) is 31.1 Å². The summed E-state index contributed by atoms with van der Waals surface area (Å²) in [6.07, 6.45) is 0.0870. The normalized spacial score (nSPS) is 11.6. The number of carbonyl (C=O) groups excluding carboxylic acids is 1. The van der Waals surface area contributed by atoms with Crippen molar-refractivity contribution in [1.29, 1.82) is 0 Å². The standard InChI is InChI=1S/C20H25NO4/c1-3-17(22)12-20(23)21-13-16-9-10-18(19(11-16)24-2)25-14-15-7-5-4-6-8-15/h4-11,17,22H,3,12-14H2,1-2H3,(H,21,23)/t17-/m1/s1. The summed E-state index contributed by atoms with van der Waals surface area (Å²) in [5, 5.41) is 12.3. The van der Waals surface area contributed by atoms with Gasteiger partial charge in [-0.2, -0.15) is 0 Å². The third kappa shape index (κ3) is 6.12. The summed E-state index contributed by atoms with van der Waals surface area (Å²) in [6, 6.07) is 15.5. The smallest absolute Gasteiger partial charge is 0.222 e. The monoisotopic (exact) mass is 343 g/mol. The molecule has 0 heterocycles. The molecule has 134 valence electrons. The van der Waals surface area contributed by atoms with Crippen molar-refractivity contribution in [3.63, 3.8) is 0 Å². The van der Waals surface area contributed by atoms with E-state index >= 15 is 0 Å². The molecule has 25 heavy (non-hydrogen) atoms. The van der Waals surface area contributed by atoms with Gasteiger partial charge in [0.15, 0.2) is 11.5 Å². The predicted octanol–water partition coefficient (Wildman–Crippen LogP) is 3.05.